The Kier molecular flexibility index (Phi) is 7.91. The summed E-state index contributed by atoms with van der Waals surface area (Å²) in [6.07, 6.45) is -0.0628. The minimum atomic E-state index is -1.38. The van der Waals surface area contributed by atoms with Crippen LogP contribution in [0.1, 0.15) is 43.1 Å². The van der Waals surface area contributed by atoms with Crippen LogP contribution < -0.4 is 16.1 Å². The van der Waals surface area contributed by atoms with Crippen LogP contribution in [0.4, 0.5) is 19.4 Å². The largest absolute Gasteiger partial charge is 0.511 e. The van der Waals surface area contributed by atoms with E-state index in [2.05, 4.69) is 4.74 Å². The number of benzene rings is 1. The summed E-state index contributed by atoms with van der Waals surface area (Å²) in [6, 6.07) is 4.49. The molecule has 0 saturated carbocycles. The molecule has 0 bridgehead atoms. The predicted molar refractivity (Wildman–Crippen MR) is 134 cm³/mol. The van der Waals surface area contributed by atoms with Crippen LogP contribution in [0, 0.1) is 11.6 Å². The number of esters is 1. The number of aromatic nitrogens is 2. The first-order valence-electron chi connectivity index (χ1n) is 12.2. The van der Waals surface area contributed by atoms with E-state index in [0.717, 1.165) is 24.2 Å². The first-order chi connectivity index (χ1) is 18.1. The lowest BCUT2D eigenvalue weighted by atomic mass is 10.1. The highest BCUT2D eigenvalue weighted by atomic mass is 19.1. The average Bonchev–Trinajstić information content (AvgIpc) is 3.30. The van der Waals surface area contributed by atoms with E-state index in [1.807, 2.05) is 11.8 Å². The fraction of sp³-hybridized carbons (Fsp3) is 0.385. The molecular weight excluding hydrogens is 502 g/mol. The second-order valence-corrected chi connectivity index (χ2v) is 8.80. The van der Waals surface area contributed by atoms with Gasteiger partial charge in [0.25, 0.3) is 0 Å². The number of fused-ring (bicyclic) bond motifs is 1. The number of anilines is 1. The van der Waals surface area contributed by atoms with E-state index in [9.17, 15) is 23.2 Å². The summed E-state index contributed by atoms with van der Waals surface area (Å²) in [5, 5.41) is 0.0336. The van der Waals surface area contributed by atoms with Gasteiger partial charge in [0.05, 0.1) is 17.7 Å². The van der Waals surface area contributed by atoms with Gasteiger partial charge in [0.1, 0.15) is 23.0 Å². The van der Waals surface area contributed by atoms with Gasteiger partial charge in [-0.25, -0.2) is 23.4 Å². The van der Waals surface area contributed by atoms with Crippen LogP contribution in [0.2, 0.25) is 0 Å². The van der Waals surface area contributed by atoms with Crippen LogP contribution >= 0.6 is 0 Å². The lowest BCUT2D eigenvalue weighted by molar-refractivity contribution is -0.0812. The topological polar surface area (TPSA) is 126 Å². The normalized spacial score (nSPS) is 15.9. The van der Waals surface area contributed by atoms with E-state index in [1.165, 1.54) is 17.6 Å². The van der Waals surface area contributed by atoms with Crippen molar-refractivity contribution in [2.75, 3.05) is 24.6 Å². The molecule has 38 heavy (non-hydrogen) atoms. The number of rotatable bonds is 7. The molecule has 0 amide bonds. The molecule has 1 aliphatic heterocycles. The number of nitrogens with two attached hydrogens (primary N) is 1. The van der Waals surface area contributed by atoms with Gasteiger partial charge in [0, 0.05) is 38.3 Å². The summed E-state index contributed by atoms with van der Waals surface area (Å²) in [5.41, 5.74) is 5.59. The highest BCUT2D eigenvalue weighted by Gasteiger charge is 2.27. The molecule has 2 unspecified atom stereocenters. The van der Waals surface area contributed by atoms with Gasteiger partial charge < -0.3 is 24.8 Å². The highest BCUT2D eigenvalue weighted by Crippen LogP contribution is 2.28. The zero-order valence-corrected chi connectivity index (χ0v) is 21.2. The first-order valence-corrected chi connectivity index (χ1v) is 12.2. The summed E-state index contributed by atoms with van der Waals surface area (Å²) in [5.74, 6) is -2.25. The zero-order chi connectivity index (χ0) is 27.6. The Bertz CT molecular complexity index is 1440. The smallest absolute Gasteiger partial charge is 0.435 e. The van der Waals surface area contributed by atoms with Crippen LogP contribution in [-0.4, -0.2) is 53.7 Å². The molecule has 12 heteroatoms. The summed E-state index contributed by atoms with van der Waals surface area (Å²) < 4.78 is 44.5. The van der Waals surface area contributed by atoms with Crippen molar-refractivity contribution in [3.05, 3.63) is 63.4 Å². The summed E-state index contributed by atoms with van der Waals surface area (Å²) >= 11 is 0. The fourth-order valence-corrected chi connectivity index (χ4v) is 4.33. The lowest BCUT2D eigenvalue weighted by Gasteiger charge is -2.22. The Hall–Kier alpha value is -4.06. The number of halogens is 2. The maximum absolute atomic E-state index is 14.9. The van der Waals surface area contributed by atoms with Crippen LogP contribution in [0.25, 0.3) is 16.7 Å². The van der Waals surface area contributed by atoms with Crippen LogP contribution in [0.15, 0.2) is 35.3 Å². The third kappa shape index (κ3) is 5.44. The number of pyridine rings is 2. The second kappa shape index (κ2) is 11.1. The third-order valence-corrected chi connectivity index (χ3v) is 6.13. The molecule has 0 aliphatic carbocycles. The maximum Gasteiger partial charge on any atom is 0.511 e. The molecule has 4 rings (SSSR count). The predicted octanol–water partition coefficient (Wildman–Crippen LogP) is 3.44. The standard InChI is InChI=1S/C26H28F2N4O6/c1-4-15-10-18-22(33)19(25(34)37-14(3)38-26(35)36-5-2)13-32(21-7-6-16(27)11-20(21)28)24(18)30-23(15)31-9-8-17(29)12-31/h6-7,10-11,13-14,17H,4-5,8-9,12,29H2,1-3H3. The molecule has 1 aliphatic rings. The third-order valence-electron chi connectivity index (χ3n) is 6.13. The Morgan fingerprint density at radius 2 is 1.97 bits per heavy atom. The van der Waals surface area contributed by atoms with Gasteiger partial charge in [-0.1, -0.05) is 6.92 Å². The molecule has 2 N–H and O–H groups in total. The number of nitrogens with zero attached hydrogens (tertiary/aromatic N) is 3. The molecule has 3 heterocycles. The van der Waals surface area contributed by atoms with Crippen LogP contribution in [-0.2, 0) is 20.6 Å². The van der Waals surface area contributed by atoms with E-state index < -0.39 is 41.0 Å². The quantitative estimate of drug-likeness (QED) is 0.361. The Balaban J connectivity index is 1.88. The monoisotopic (exact) mass is 530 g/mol. The molecule has 0 radical (unpaired) electrons. The van der Waals surface area contributed by atoms with Gasteiger partial charge in [-0.2, -0.15) is 0 Å². The van der Waals surface area contributed by atoms with E-state index >= 15 is 0 Å². The highest BCUT2D eigenvalue weighted by molar-refractivity contribution is 5.94. The van der Waals surface area contributed by atoms with Crippen molar-refractivity contribution >= 4 is 29.0 Å². The van der Waals surface area contributed by atoms with E-state index in [0.29, 0.717) is 31.4 Å². The molecule has 2 atom stereocenters. The van der Waals surface area contributed by atoms with Crippen molar-refractivity contribution in [3.8, 4) is 5.69 Å². The number of hydrogen-bond donors (Lipinski definition) is 1. The maximum atomic E-state index is 14.9. The molecular formula is C26H28F2N4O6. The zero-order valence-electron chi connectivity index (χ0n) is 21.2. The SMILES string of the molecule is CCOC(=O)OC(C)OC(=O)c1cn(-c2ccc(F)cc2F)c2nc(N3CCC(N)C3)c(CC)cc2c1=O. The van der Waals surface area contributed by atoms with Crippen LogP contribution in [0.3, 0.4) is 0 Å². The molecule has 3 aromatic rings. The number of ether oxygens (including phenoxy) is 3. The molecule has 1 saturated heterocycles. The van der Waals surface area contributed by atoms with Crippen molar-refractivity contribution in [1.82, 2.24) is 9.55 Å². The number of hydrogen-bond acceptors (Lipinski definition) is 9. The summed E-state index contributed by atoms with van der Waals surface area (Å²) in [6.45, 7) is 6.02. The van der Waals surface area contributed by atoms with Gasteiger partial charge in [0.2, 0.25) is 11.7 Å². The lowest BCUT2D eigenvalue weighted by Crippen LogP contribution is -2.29. The first kappa shape index (κ1) is 27.0. The van der Waals surface area contributed by atoms with Crippen molar-refractivity contribution in [1.29, 1.82) is 0 Å². The van der Waals surface area contributed by atoms with Crippen molar-refractivity contribution in [2.45, 2.75) is 45.9 Å². The molecule has 2 aromatic heterocycles. The number of carbonyl (C=O) groups is 2. The minimum absolute atomic E-state index is 0.0336. The van der Waals surface area contributed by atoms with Gasteiger partial charge in [-0.15, -0.1) is 0 Å². The summed E-state index contributed by atoms with van der Waals surface area (Å²) in [7, 11) is 0. The molecule has 1 fully saturated rings. The van der Waals surface area contributed by atoms with E-state index in [4.69, 9.17) is 20.2 Å². The van der Waals surface area contributed by atoms with Crippen molar-refractivity contribution in [3.63, 3.8) is 0 Å². The average molecular weight is 531 g/mol. The van der Waals surface area contributed by atoms with Gasteiger partial charge >= 0.3 is 12.1 Å². The molecule has 202 valence electrons. The second-order valence-electron chi connectivity index (χ2n) is 8.80. The van der Waals surface area contributed by atoms with Crippen molar-refractivity contribution < 1.29 is 32.6 Å². The van der Waals surface area contributed by atoms with Gasteiger partial charge in [0.15, 0.2) is 5.65 Å². The van der Waals surface area contributed by atoms with Gasteiger partial charge in [-0.3, -0.25) is 9.36 Å². The Morgan fingerprint density at radius 3 is 2.61 bits per heavy atom. The molecule has 1 aromatic carbocycles. The number of aryl methyl sites for hydroxylation is 1. The van der Waals surface area contributed by atoms with E-state index in [-0.39, 0.29) is 29.4 Å². The Morgan fingerprint density at radius 1 is 1.21 bits per heavy atom. The van der Waals surface area contributed by atoms with Crippen molar-refractivity contribution in [2.24, 2.45) is 5.73 Å². The minimum Gasteiger partial charge on any atom is -0.435 e. The summed E-state index contributed by atoms with van der Waals surface area (Å²) in [4.78, 5) is 44.7. The number of carbonyl (C=O) groups excluding carboxylic acids is 2. The Labute approximate surface area is 216 Å². The fourth-order valence-electron chi connectivity index (χ4n) is 4.33. The van der Waals surface area contributed by atoms with Gasteiger partial charge in [-0.05, 0) is 43.5 Å². The molecule has 10 nitrogen and oxygen atoms in total. The molecule has 0 spiro atoms. The van der Waals surface area contributed by atoms with Crippen LogP contribution in [0.5, 0.6) is 0 Å². The van der Waals surface area contributed by atoms with E-state index in [1.54, 1.807) is 13.0 Å².